The number of carbonyl (C=O) groups is 2. The minimum absolute atomic E-state index is 0.0549. The molecule has 0 aliphatic heterocycles. The Labute approximate surface area is 178 Å². The SMILES string of the molecule is CCC(C(=O)NC)N(Cc1ccc(F)cc1)C(=O)CSCc1c(F)cccc1Cl. The van der Waals surface area contributed by atoms with Crippen LogP contribution in [-0.2, 0) is 21.9 Å². The van der Waals surface area contributed by atoms with Crippen molar-refractivity contribution in [1.82, 2.24) is 10.2 Å². The highest BCUT2D eigenvalue weighted by Crippen LogP contribution is 2.24. The monoisotopic (exact) mass is 440 g/mol. The number of thioether (sulfide) groups is 1. The standard InChI is InChI=1S/C21H23ClF2N2O2S/c1-3-19(21(28)25-2)26(11-14-7-9-15(23)10-8-14)20(27)13-29-12-16-17(22)5-4-6-18(16)24/h4-10,19H,3,11-13H2,1-2H3,(H,25,28). The van der Waals surface area contributed by atoms with Gasteiger partial charge in [-0.2, -0.15) is 0 Å². The van der Waals surface area contributed by atoms with Gasteiger partial charge in [0.15, 0.2) is 0 Å². The van der Waals surface area contributed by atoms with E-state index >= 15 is 0 Å². The van der Waals surface area contributed by atoms with Crippen LogP contribution in [0.1, 0.15) is 24.5 Å². The van der Waals surface area contributed by atoms with Gasteiger partial charge in [-0.1, -0.05) is 36.7 Å². The molecule has 2 rings (SSSR count). The molecule has 156 valence electrons. The molecule has 0 aliphatic carbocycles. The predicted molar refractivity (Wildman–Crippen MR) is 113 cm³/mol. The van der Waals surface area contributed by atoms with Crippen LogP contribution >= 0.6 is 23.4 Å². The summed E-state index contributed by atoms with van der Waals surface area (Å²) in [7, 11) is 1.51. The van der Waals surface area contributed by atoms with Crippen LogP contribution in [-0.4, -0.2) is 35.6 Å². The summed E-state index contributed by atoms with van der Waals surface area (Å²) < 4.78 is 27.1. The quantitative estimate of drug-likeness (QED) is 0.628. The number of amides is 2. The number of hydrogen-bond acceptors (Lipinski definition) is 3. The van der Waals surface area contributed by atoms with Crippen molar-refractivity contribution in [2.45, 2.75) is 31.7 Å². The van der Waals surface area contributed by atoms with Gasteiger partial charge in [-0.15, -0.1) is 11.8 Å². The number of halogens is 3. The minimum Gasteiger partial charge on any atom is -0.357 e. The largest absolute Gasteiger partial charge is 0.357 e. The maximum Gasteiger partial charge on any atom is 0.242 e. The maximum atomic E-state index is 13.9. The first-order valence-electron chi connectivity index (χ1n) is 9.13. The number of benzene rings is 2. The summed E-state index contributed by atoms with van der Waals surface area (Å²) in [5.41, 5.74) is 1.06. The summed E-state index contributed by atoms with van der Waals surface area (Å²) in [6.07, 6.45) is 0.427. The molecule has 2 aromatic carbocycles. The fourth-order valence-corrected chi connectivity index (χ4v) is 4.12. The Balaban J connectivity index is 2.12. The van der Waals surface area contributed by atoms with Crippen molar-refractivity contribution < 1.29 is 18.4 Å². The van der Waals surface area contributed by atoms with Crippen molar-refractivity contribution in [3.63, 3.8) is 0 Å². The van der Waals surface area contributed by atoms with Gasteiger partial charge in [0.05, 0.1) is 5.75 Å². The molecule has 2 amide bonds. The third-order valence-electron chi connectivity index (χ3n) is 4.43. The smallest absolute Gasteiger partial charge is 0.242 e. The highest BCUT2D eigenvalue weighted by atomic mass is 35.5. The van der Waals surface area contributed by atoms with Crippen LogP contribution in [0.15, 0.2) is 42.5 Å². The average molecular weight is 441 g/mol. The molecule has 1 N–H and O–H groups in total. The van der Waals surface area contributed by atoms with E-state index in [1.807, 2.05) is 6.92 Å². The topological polar surface area (TPSA) is 49.4 Å². The highest BCUT2D eigenvalue weighted by molar-refractivity contribution is 7.99. The number of hydrogen-bond donors (Lipinski definition) is 1. The average Bonchev–Trinajstić information content (AvgIpc) is 2.71. The zero-order valence-corrected chi connectivity index (χ0v) is 17.8. The van der Waals surface area contributed by atoms with E-state index in [0.29, 0.717) is 22.6 Å². The van der Waals surface area contributed by atoms with Gasteiger partial charge < -0.3 is 10.2 Å². The molecule has 29 heavy (non-hydrogen) atoms. The van der Waals surface area contributed by atoms with E-state index in [0.717, 1.165) is 0 Å². The molecule has 0 radical (unpaired) electrons. The molecule has 0 heterocycles. The Morgan fingerprint density at radius 3 is 2.45 bits per heavy atom. The molecular formula is C21H23ClF2N2O2S. The molecule has 1 unspecified atom stereocenters. The molecule has 1 atom stereocenters. The second-order valence-electron chi connectivity index (χ2n) is 6.38. The third kappa shape index (κ3) is 6.44. The van der Waals surface area contributed by atoms with E-state index < -0.39 is 11.9 Å². The third-order valence-corrected chi connectivity index (χ3v) is 5.73. The van der Waals surface area contributed by atoms with E-state index in [1.54, 1.807) is 18.2 Å². The summed E-state index contributed by atoms with van der Waals surface area (Å²) in [5.74, 6) is -1.04. The fraction of sp³-hybridized carbons (Fsp3) is 0.333. The number of nitrogens with one attached hydrogen (secondary N) is 1. The van der Waals surface area contributed by atoms with Crippen molar-refractivity contribution in [1.29, 1.82) is 0 Å². The van der Waals surface area contributed by atoms with Gasteiger partial charge in [-0.05, 0) is 36.2 Å². The van der Waals surface area contributed by atoms with Gasteiger partial charge in [-0.3, -0.25) is 9.59 Å². The van der Waals surface area contributed by atoms with Gasteiger partial charge in [0.1, 0.15) is 17.7 Å². The van der Waals surface area contributed by atoms with Crippen LogP contribution in [0.4, 0.5) is 8.78 Å². The van der Waals surface area contributed by atoms with Crippen molar-refractivity contribution in [3.8, 4) is 0 Å². The van der Waals surface area contributed by atoms with Crippen molar-refractivity contribution >= 4 is 35.2 Å². The molecular weight excluding hydrogens is 418 g/mol. The molecule has 4 nitrogen and oxygen atoms in total. The molecule has 0 fully saturated rings. The minimum atomic E-state index is -0.657. The molecule has 0 saturated carbocycles. The Kier molecular flexibility index (Phi) is 8.92. The summed E-state index contributed by atoms with van der Waals surface area (Å²) in [5, 5.41) is 2.89. The summed E-state index contributed by atoms with van der Waals surface area (Å²) in [6.45, 7) is 1.99. The van der Waals surface area contributed by atoms with Crippen LogP contribution < -0.4 is 5.32 Å². The summed E-state index contributed by atoms with van der Waals surface area (Å²) in [6, 6.07) is 9.58. The Hall–Kier alpha value is -2.12. The van der Waals surface area contributed by atoms with E-state index in [1.165, 1.54) is 48.0 Å². The van der Waals surface area contributed by atoms with E-state index in [9.17, 15) is 18.4 Å². The van der Waals surface area contributed by atoms with Gasteiger partial charge in [0.25, 0.3) is 0 Å². The van der Waals surface area contributed by atoms with Crippen LogP contribution in [0.5, 0.6) is 0 Å². The summed E-state index contributed by atoms with van der Waals surface area (Å²) >= 11 is 7.25. The lowest BCUT2D eigenvalue weighted by Crippen LogP contribution is -2.48. The lowest BCUT2D eigenvalue weighted by Gasteiger charge is -2.30. The molecule has 0 bridgehead atoms. The van der Waals surface area contributed by atoms with Crippen LogP contribution in [0.25, 0.3) is 0 Å². The lowest BCUT2D eigenvalue weighted by atomic mass is 10.1. The van der Waals surface area contributed by atoms with E-state index in [-0.39, 0.29) is 35.7 Å². The molecule has 0 spiro atoms. The number of nitrogens with zero attached hydrogens (tertiary/aromatic N) is 1. The highest BCUT2D eigenvalue weighted by Gasteiger charge is 2.28. The molecule has 0 saturated heterocycles. The van der Waals surface area contributed by atoms with Crippen LogP contribution in [0, 0.1) is 11.6 Å². The van der Waals surface area contributed by atoms with Gasteiger partial charge in [0, 0.05) is 29.9 Å². The second kappa shape index (κ2) is 11.2. The fourth-order valence-electron chi connectivity index (χ4n) is 2.87. The molecule has 0 aromatic heterocycles. The molecule has 0 aliphatic rings. The second-order valence-corrected chi connectivity index (χ2v) is 7.77. The van der Waals surface area contributed by atoms with E-state index in [4.69, 9.17) is 11.6 Å². The number of rotatable bonds is 9. The Morgan fingerprint density at radius 1 is 1.17 bits per heavy atom. The number of likely N-dealkylation sites (N-methyl/N-ethyl adjacent to an activating group) is 1. The van der Waals surface area contributed by atoms with Crippen molar-refractivity contribution in [2.75, 3.05) is 12.8 Å². The molecule has 8 heteroatoms. The normalized spacial score (nSPS) is 11.8. The van der Waals surface area contributed by atoms with Crippen molar-refractivity contribution in [2.24, 2.45) is 0 Å². The Morgan fingerprint density at radius 2 is 1.86 bits per heavy atom. The first-order chi connectivity index (χ1) is 13.9. The van der Waals surface area contributed by atoms with Crippen LogP contribution in [0.3, 0.4) is 0 Å². The number of carbonyl (C=O) groups excluding carboxylic acids is 2. The van der Waals surface area contributed by atoms with Crippen LogP contribution in [0.2, 0.25) is 5.02 Å². The van der Waals surface area contributed by atoms with Gasteiger partial charge in [0.2, 0.25) is 11.8 Å². The predicted octanol–water partition coefficient (Wildman–Crippen LogP) is 4.40. The van der Waals surface area contributed by atoms with E-state index in [2.05, 4.69) is 5.32 Å². The Bertz CT molecular complexity index is 829. The summed E-state index contributed by atoms with van der Waals surface area (Å²) in [4.78, 5) is 26.7. The van der Waals surface area contributed by atoms with Gasteiger partial charge in [-0.25, -0.2) is 8.78 Å². The first kappa shape index (κ1) is 23.2. The van der Waals surface area contributed by atoms with Crippen molar-refractivity contribution in [3.05, 3.63) is 70.2 Å². The first-order valence-corrected chi connectivity index (χ1v) is 10.7. The zero-order chi connectivity index (χ0) is 21.4. The molecule has 2 aromatic rings. The lowest BCUT2D eigenvalue weighted by molar-refractivity contribution is -0.139. The maximum absolute atomic E-state index is 13.9. The zero-order valence-electron chi connectivity index (χ0n) is 16.3. The van der Waals surface area contributed by atoms with Gasteiger partial charge >= 0.3 is 0 Å².